The number of rotatable bonds is 7. The lowest BCUT2D eigenvalue weighted by Crippen LogP contribution is -2.25. The van der Waals surface area contributed by atoms with Crippen molar-refractivity contribution in [1.82, 2.24) is 0 Å². The molecule has 0 saturated heterocycles. The first-order valence-electron chi connectivity index (χ1n) is 6.10. The normalized spacial score (nSPS) is 13.3. The number of hydrogen-bond donors (Lipinski definition) is 2. The fourth-order valence-corrected chi connectivity index (χ4v) is 1.84. The molecule has 0 bridgehead atoms. The predicted octanol–water partition coefficient (Wildman–Crippen LogP) is 0.659. The molecule has 2 atom stereocenters. The van der Waals surface area contributed by atoms with Gasteiger partial charge in [0.25, 0.3) is 0 Å². The summed E-state index contributed by atoms with van der Waals surface area (Å²) in [5.74, 6) is -0.671. The van der Waals surface area contributed by atoms with Gasteiger partial charge in [-0.1, -0.05) is 18.2 Å². The van der Waals surface area contributed by atoms with Crippen LogP contribution < -0.4 is 0 Å². The monoisotopic (exact) mass is 280 g/mol. The highest BCUT2D eigenvalue weighted by atomic mass is 16.5. The maximum atomic E-state index is 11.3. The maximum Gasteiger partial charge on any atom is 0.308 e. The topological polar surface area (TPSA) is 101 Å². The molecule has 0 aromatic heterocycles. The fourth-order valence-electron chi connectivity index (χ4n) is 1.84. The van der Waals surface area contributed by atoms with Gasteiger partial charge < -0.3 is 14.9 Å². The number of aliphatic hydroxyl groups is 2. The Bertz CT molecular complexity index is 470. The number of aliphatic hydroxyl groups excluding tert-OH is 2. The van der Waals surface area contributed by atoms with Crippen molar-refractivity contribution in [1.29, 1.82) is 0 Å². The first kappa shape index (κ1) is 16.0. The minimum absolute atomic E-state index is 0.00861. The van der Waals surface area contributed by atoms with Crippen molar-refractivity contribution in [2.75, 3.05) is 6.61 Å². The molecule has 0 radical (unpaired) electrons. The zero-order valence-corrected chi connectivity index (χ0v) is 11.0. The van der Waals surface area contributed by atoms with Gasteiger partial charge in [0, 0.05) is 16.7 Å². The Morgan fingerprint density at radius 3 is 2.25 bits per heavy atom. The molecule has 0 fully saturated rings. The van der Waals surface area contributed by atoms with Gasteiger partial charge in [0.2, 0.25) is 0 Å². The molecule has 20 heavy (non-hydrogen) atoms. The lowest BCUT2D eigenvalue weighted by molar-refractivity contribution is -0.147. The zero-order chi connectivity index (χ0) is 15.1. The minimum atomic E-state index is -1.53. The van der Waals surface area contributed by atoms with Crippen LogP contribution in [-0.2, 0) is 9.53 Å². The summed E-state index contributed by atoms with van der Waals surface area (Å²) in [7, 11) is 0. The Kier molecular flexibility index (Phi) is 6.02. The van der Waals surface area contributed by atoms with E-state index >= 15 is 0 Å². The molecular formula is C14H16O6. The van der Waals surface area contributed by atoms with E-state index in [9.17, 15) is 24.6 Å². The molecule has 6 heteroatoms. The van der Waals surface area contributed by atoms with Gasteiger partial charge in [0.1, 0.15) is 18.7 Å². The van der Waals surface area contributed by atoms with Gasteiger partial charge in [0.15, 0.2) is 0 Å². The van der Waals surface area contributed by atoms with Crippen LogP contribution in [0, 0.1) is 0 Å². The molecule has 0 aliphatic rings. The highest BCUT2D eigenvalue weighted by molar-refractivity contribution is 5.86. The number of esters is 1. The van der Waals surface area contributed by atoms with Crippen molar-refractivity contribution >= 4 is 18.5 Å². The average Bonchev–Trinajstić information content (AvgIpc) is 2.45. The van der Waals surface area contributed by atoms with Crippen molar-refractivity contribution < 1.29 is 29.3 Å². The van der Waals surface area contributed by atoms with Gasteiger partial charge in [-0.05, 0) is 6.92 Å². The molecule has 0 amide bonds. The van der Waals surface area contributed by atoms with E-state index in [2.05, 4.69) is 4.74 Å². The van der Waals surface area contributed by atoms with Crippen LogP contribution in [0.15, 0.2) is 18.2 Å². The average molecular weight is 280 g/mol. The van der Waals surface area contributed by atoms with E-state index in [0.29, 0.717) is 12.6 Å². The van der Waals surface area contributed by atoms with E-state index in [4.69, 9.17) is 0 Å². The Hall–Kier alpha value is -2.05. The number of aldehydes is 2. The largest absolute Gasteiger partial charge is 0.466 e. The number of ether oxygens (including phenoxy) is 1. The van der Waals surface area contributed by atoms with Crippen molar-refractivity contribution in [3.63, 3.8) is 0 Å². The summed E-state index contributed by atoms with van der Waals surface area (Å²) in [5.41, 5.74) is 0.185. The second-order valence-corrected chi connectivity index (χ2v) is 4.11. The number of hydrogen-bond acceptors (Lipinski definition) is 6. The third-order valence-corrected chi connectivity index (χ3v) is 2.77. The molecule has 0 heterocycles. The second kappa shape index (κ2) is 7.52. The summed E-state index contributed by atoms with van der Waals surface area (Å²) in [4.78, 5) is 33.2. The molecule has 1 aromatic rings. The smallest absolute Gasteiger partial charge is 0.308 e. The van der Waals surface area contributed by atoms with Gasteiger partial charge in [-0.3, -0.25) is 14.4 Å². The van der Waals surface area contributed by atoms with Crippen molar-refractivity contribution in [2.24, 2.45) is 0 Å². The van der Waals surface area contributed by atoms with Crippen molar-refractivity contribution in [3.8, 4) is 0 Å². The third-order valence-electron chi connectivity index (χ3n) is 2.77. The lowest BCUT2D eigenvalue weighted by atomic mass is 9.93. The van der Waals surface area contributed by atoms with Crippen LogP contribution in [0.1, 0.15) is 45.7 Å². The molecule has 6 nitrogen and oxygen atoms in total. The highest BCUT2D eigenvalue weighted by Gasteiger charge is 2.26. The summed E-state index contributed by atoms with van der Waals surface area (Å²) in [6.45, 7) is 1.78. The summed E-state index contributed by atoms with van der Waals surface area (Å²) in [5, 5.41) is 19.9. The number of benzene rings is 1. The van der Waals surface area contributed by atoms with Crippen molar-refractivity contribution in [3.05, 3.63) is 34.9 Å². The van der Waals surface area contributed by atoms with E-state index < -0.39 is 24.6 Å². The van der Waals surface area contributed by atoms with E-state index in [1.165, 1.54) is 18.2 Å². The van der Waals surface area contributed by atoms with Crippen LogP contribution in [0.2, 0.25) is 0 Å². The summed E-state index contributed by atoms with van der Waals surface area (Å²) in [6.07, 6.45) is -2.47. The zero-order valence-electron chi connectivity index (χ0n) is 11.0. The van der Waals surface area contributed by atoms with Gasteiger partial charge in [0.05, 0.1) is 19.1 Å². The number of carbonyl (C=O) groups is 3. The predicted molar refractivity (Wildman–Crippen MR) is 69.4 cm³/mol. The fraction of sp³-hybridized carbons (Fsp3) is 0.357. The highest BCUT2D eigenvalue weighted by Crippen LogP contribution is 2.25. The van der Waals surface area contributed by atoms with Crippen LogP contribution in [0.5, 0.6) is 0 Å². The van der Waals surface area contributed by atoms with Crippen molar-refractivity contribution in [2.45, 2.75) is 25.6 Å². The summed E-state index contributed by atoms with van der Waals surface area (Å²) < 4.78 is 4.66. The van der Waals surface area contributed by atoms with Crippen LogP contribution >= 0.6 is 0 Å². The molecule has 2 unspecified atom stereocenters. The lowest BCUT2D eigenvalue weighted by Gasteiger charge is -2.20. The van der Waals surface area contributed by atoms with E-state index in [1.807, 2.05) is 0 Å². The van der Waals surface area contributed by atoms with E-state index in [1.54, 1.807) is 6.92 Å². The van der Waals surface area contributed by atoms with Gasteiger partial charge >= 0.3 is 5.97 Å². The van der Waals surface area contributed by atoms with Crippen LogP contribution in [0.25, 0.3) is 0 Å². The second-order valence-electron chi connectivity index (χ2n) is 4.11. The molecule has 1 rings (SSSR count). The standard InChI is InChI=1S/C14H16O6/c1-2-20-12(18)6-11(17)14(19)13-9(7-15)4-3-5-10(13)8-16/h3-5,7-8,11,14,17,19H,2,6H2,1H3. The Morgan fingerprint density at radius 1 is 1.25 bits per heavy atom. The summed E-state index contributed by atoms with van der Waals surface area (Å²) >= 11 is 0. The Morgan fingerprint density at radius 2 is 1.80 bits per heavy atom. The van der Waals surface area contributed by atoms with Crippen LogP contribution in [0.4, 0.5) is 0 Å². The van der Waals surface area contributed by atoms with Crippen LogP contribution in [0.3, 0.4) is 0 Å². The first-order chi connectivity index (χ1) is 9.54. The Labute approximate surface area is 116 Å². The summed E-state index contributed by atoms with van der Waals surface area (Å²) in [6, 6.07) is 4.31. The van der Waals surface area contributed by atoms with Gasteiger partial charge in [-0.15, -0.1) is 0 Å². The molecule has 108 valence electrons. The first-order valence-corrected chi connectivity index (χ1v) is 6.10. The SMILES string of the molecule is CCOC(=O)CC(O)C(O)c1c(C=O)cccc1C=O. The van der Waals surface area contributed by atoms with Gasteiger partial charge in [-0.25, -0.2) is 0 Å². The van der Waals surface area contributed by atoms with Crippen LogP contribution in [-0.4, -0.2) is 41.5 Å². The van der Waals surface area contributed by atoms with E-state index in [-0.39, 0.29) is 23.3 Å². The minimum Gasteiger partial charge on any atom is -0.466 e. The Balaban J connectivity index is 3.01. The number of carbonyl (C=O) groups excluding carboxylic acids is 3. The third kappa shape index (κ3) is 3.72. The molecule has 0 aliphatic heterocycles. The molecule has 2 N–H and O–H groups in total. The quantitative estimate of drug-likeness (QED) is 0.562. The molecular weight excluding hydrogens is 264 g/mol. The van der Waals surface area contributed by atoms with E-state index in [0.717, 1.165) is 0 Å². The molecule has 0 spiro atoms. The molecule has 0 saturated carbocycles. The van der Waals surface area contributed by atoms with Gasteiger partial charge in [-0.2, -0.15) is 0 Å². The molecule has 0 aliphatic carbocycles. The maximum absolute atomic E-state index is 11.3. The molecule has 1 aromatic carbocycles.